The third-order valence-electron chi connectivity index (χ3n) is 5.90. The second kappa shape index (κ2) is 12.7. The molecule has 0 radical (unpaired) electrons. The van der Waals surface area contributed by atoms with E-state index in [1.54, 1.807) is 30.3 Å². The molecule has 1 aliphatic rings. The summed E-state index contributed by atoms with van der Waals surface area (Å²) in [4.78, 5) is 27.1. The molecule has 0 aliphatic carbocycles. The van der Waals surface area contributed by atoms with E-state index in [1.807, 2.05) is 12.1 Å². The van der Waals surface area contributed by atoms with Gasteiger partial charge in [0.25, 0.3) is 11.6 Å². The van der Waals surface area contributed by atoms with Gasteiger partial charge in [0.05, 0.1) is 18.1 Å². The molecular formula is C27H27FN4O6. The number of carbonyl (C=O) groups excluding carboxylic acids is 1. The molecule has 0 spiro atoms. The molecule has 0 fully saturated rings. The maximum Gasteiger partial charge on any atom is 0.287 e. The highest BCUT2D eigenvalue weighted by molar-refractivity contribution is 5.91. The molecule has 2 heterocycles. The van der Waals surface area contributed by atoms with Gasteiger partial charge in [-0.25, -0.2) is 9.37 Å². The maximum absolute atomic E-state index is 13.5. The zero-order chi connectivity index (χ0) is 26.9. The quantitative estimate of drug-likeness (QED) is 0.197. The van der Waals surface area contributed by atoms with Gasteiger partial charge in [0.15, 0.2) is 5.76 Å². The van der Waals surface area contributed by atoms with Crippen molar-refractivity contribution in [3.05, 3.63) is 111 Å². The second-order valence-electron chi connectivity index (χ2n) is 8.60. The van der Waals surface area contributed by atoms with Crippen LogP contribution >= 0.6 is 0 Å². The van der Waals surface area contributed by atoms with Crippen molar-refractivity contribution in [1.82, 2.24) is 10.3 Å². The largest absolute Gasteiger partial charge is 0.459 e. The monoisotopic (exact) mass is 522 g/mol. The summed E-state index contributed by atoms with van der Waals surface area (Å²) in [5.74, 6) is -0.475. The predicted molar refractivity (Wildman–Crippen MR) is 136 cm³/mol. The fourth-order valence-electron chi connectivity index (χ4n) is 3.84. The Balaban J connectivity index is 1.36. The molecule has 2 atom stereocenters. The number of hydrogen-bond donors (Lipinski definition) is 3. The van der Waals surface area contributed by atoms with Crippen molar-refractivity contribution < 1.29 is 28.7 Å². The number of nitro groups is 1. The van der Waals surface area contributed by atoms with Crippen molar-refractivity contribution >= 4 is 17.4 Å². The SMILES string of the molecule is O=C(NCCNc1ccc([N+](=O)[O-])cn1)C1=C[C@H](c2ccc(F)cc2)C[C@H](OCc2ccc(CO)cc2)O1. The average molecular weight is 523 g/mol. The lowest BCUT2D eigenvalue weighted by Crippen LogP contribution is -2.35. The van der Waals surface area contributed by atoms with Crippen LogP contribution in [0, 0.1) is 15.9 Å². The molecule has 2 aromatic carbocycles. The number of allylic oxidation sites excluding steroid dienone is 1. The molecule has 10 nitrogen and oxygen atoms in total. The molecular weight excluding hydrogens is 495 g/mol. The number of aromatic nitrogens is 1. The van der Waals surface area contributed by atoms with E-state index in [-0.39, 0.29) is 42.9 Å². The summed E-state index contributed by atoms with van der Waals surface area (Å²) in [6, 6.07) is 16.2. The van der Waals surface area contributed by atoms with Gasteiger partial charge in [0.1, 0.15) is 17.8 Å². The van der Waals surface area contributed by atoms with Crippen molar-refractivity contribution in [2.24, 2.45) is 0 Å². The summed E-state index contributed by atoms with van der Waals surface area (Å²) in [6.07, 6.45) is 2.57. The number of nitrogens with one attached hydrogen (secondary N) is 2. The van der Waals surface area contributed by atoms with Crippen LogP contribution in [-0.4, -0.2) is 40.3 Å². The molecule has 38 heavy (non-hydrogen) atoms. The lowest BCUT2D eigenvalue weighted by atomic mass is 9.93. The van der Waals surface area contributed by atoms with Gasteiger partial charge in [-0.3, -0.25) is 14.9 Å². The summed E-state index contributed by atoms with van der Waals surface area (Å²) in [7, 11) is 0. The highest BCUT2D eigenvalue weighted by atomic mass is 19.1. The van der Waals surface area contributed by atoms with Crippen LogP contribution in [0.25, 0.3) is 0 Å². The number of aliphatic hydroxyl groups excluding tert-OH is 1. The fourth-order valence-corrected chi connectivity index (χ4v) is 3.84. The van der Waals surface area contributed by atoms with Crippen molar-refractivity contribution in [1.29, 1.82) is 0 Å². The minimum absolute atomic E-state index is 0.0462. The van der Waals surface area contributed by atoms with E-state index >= 15 is 0 Å². The molecule has 1 aliphatic heterocycles. The molecule has 0 saturated carbocycles. The third-order valence-corrected chi connectivity index (χ3v) is 5.90. The molecule has 4 rings (SSSR count). The Labute approximate surface area is 218 Å². The number of ether oxygens (including phenoxy) is 2. The lowest BCUT2D eigenvalue weighted by Gasteiger charge is -2.29. The normalized spacial score (nSPS) is 16.7. The molecule has 1 amide bonds. The van der Waals surface area contributed by atoms with Gasteiger partial charge in [0, 0.05) is 31.5 Å². The molecule has 3 N–H and O–H groups in total. The summed E-state index contributed by atoms with van der Waals surface area (Å²) in [5, 5.41) is 25.7. The standard InChI is InChI=1S/C27H27FN4O6/c28-22-7-5-20(6-8-22)21-13-24(38-26(14-21)37-17-19-3-1-18(16-33)2-4-19)27(34)30-12-11-29-25-10-9-23(15-31-25)32(35)36/h1-10,13,15,21,26,33H,11-12,14,16-17H2,(H,29,31)(H,30,34)/t21-,26+/m0/s1. The van der Waals surface area contributed by atoms with Crippen LogP contribution in [0.15, 0.2) is 78.7 Å². The van der Waals surface area contributed by atoms with Crippen LogP contribution in [0.4, 0.5) is 15.9 Å². The number of amides is 1. The number of halogens is 1. The van der Waals surface area contributed by atoms with Crippen LogP contribution in [0.2, 0.25) is 0 Å². The van der Waals surface area contributed by atoms with Gasteiger partial charge >= 0.3 is 0 Å². The van der Waals surface area contributed by atoms with Crippen molar-refractivity contribution in [3.63, 3.8) is 0 Å². The summed E-state index contributed by atoms with van der Waals surface area (Å²) < 4.78 is 25.3. The van der Waals surface area contributed by atoms with Crippen LogP contribution in [0.1, 0.15) is 29.0 Å². The maximum atomic E-state index is 13.5. The van der Waals surface area contributed by atoms with E-state index in [1.165, 1.54) is 24.3 Å². The smallest absolute Gasteiger partial charge is 0.287 e. The number of hydrogen-bond acceptors (Lipinski definition) is 8. The first-order valence-electron chi connectivity index (χ1n) is 12.0. The van der Waals surface area contributed by atoms with E-state index < -0.39 is 17.1 Å². The number of carbonyl (C=O) groups is 1. The molecule has 0 saturated heterocycles. The number of rotatable bonds is 11. The molecule has 3 aromatic rings. The Morgan fingerprint density at radius 2 is 1.84 bits per heavy atom. The lowest BCUT2D eigenvalue weighted by molar-refractivity contribution is -0.385. The number of aliphatic hydroxyl groups is 1. The minimum atomic E-state index is -0.712. The summed E-state index contributed by atoms with van der Waals surface area (Å²) in [6.45, 7) is 0.764. The Bertz CT molecular complexity index is 1270. The average Bonchev–Trinajstić information content (AvgIpc) is 2.95. The molecule has 0 bridgehead atoms. The van der Waals surface area contributed by atoms with Gasteiger partial charge in [-0.05, 0) is 41.0 Å². The molecule has 0 unspecified atom stereocenters. The van der Waals surface area contributed by atoms with E-state index in [0.717, 1.165) is 22.9 Å². The Morgan fingerprint density at radius 3 is 2.50 bits per heavy atom. The first kappa shape index (κ1) is 26.7. The van der Waals surface area contributed by atoms with E-state index in [0.29, 0.717) is 18.8 Å². The molecule has 198 valence electrons. The first-order valence-corrected chi connectivity index (χ1v) is 12.0. The zero-order valence-electron chi connectivity index (χ0n) is 20.4. The summed E-state index contributed by atoms with van der Waals surface area (Å²) in [5.41, 5.74) is 2.39. The van der Waals surface area contributed by atoms with Crippen LogP contribution in [0.3, 0.4) is 0 Å². The first-order chi connectivity index (χ1) is 18.4. The Hall–Kier alpha value is -4.35. The Morgan fingerprint density at radius 1 is 1.11 bits per heavy atom. The van der Waals surface area contributed by atoms with E-state index in [2.05, 4.69) is 15.6 Å². The van der Waals surface area contributed by atoms with Crippen molar-refractivity contribution in [3.8, 4) is 0 Å². The number of pyridine rings is 1. The van der Waals surface area contributed by atoms with Gasteiger partial charge < -0.3 is 25.2 Å². The van der Waals surface area contributed by atoms with Gasteiger partial charge in [-0.15, -0.1) is 0 Å². The van der Waals surface area contributed by atoms with Crippen LogP contribution in [-0.2, 0) is 27.5 Å². The van der Waals surface area contributed by atoms with Crippen molar-refractivity contribution in [2.75, 3.05) is 18.4 Å². The van der Waals surface area contributed by atoms with Crippen LogP contribution in [0.5, 0.6) is 0 Å². The topological polar surface area (TPSA) is 136 Å². The number of anilines is 1. The highest BCUT2D eigenvalue weighted by Crippen LogP contribution is 2.32. The zero-order valence-corrected chi connectivity index (χ0v) is 20.4. The summed E-state index contributed by atoms with van der Waals surface area (Å²) >= 11 is 0. The van der Waals surface area contributed by atoms with E-state index in [9.17, 15) is 24.4 Å². The predicted octanol–water partition coefficient (Wildman–Crippen LogP) is 3.78. The van der Waals surface area contributed by atoms with Crippen LogP contribution < -0.4 is 10.6 Å². The van der Waals surface area contributed by atoms with Crippen molar-refractivity contribution in [2.45, 2.75) is 31.8 Å². The number of benzene rings is 2. The molecule has 11 heteroatoms. The third kappa shape index (κ3) is 7.34. The van der Waals surface area contributed by atoms with Gasteiger partial charge in [0.2, 0.25) is 6.29 Å². The van der Waals surface area contributed by atoms with Gasteiger partial charge in [-0.2, -0.15) is 0 Å². The van der Waals surface area contributed by atoms with E-state index in [4.69, 9.17) is 9.47 Å². The Kier molecular flexibility index (Phi) is 8.96. The highest BCUT2D eigenvalue weighted by Gasteiger charge is 2.28. The second-order valence-corrected chi connectivity index (χ2v) is 8.60. The molecule has 1 aromatic heterocycles. The van der Waals surface area contributed by atoms with Gasteiger partial charge in [-0.1, -0.05) is 36.4 Å². The minimum Gasteiger partial charge on any atom is -0.459 e. The number of nitrogens with zero attached hydrogens (tertiary/aromatic N) is 2. The fraction of sp³-hybridized carbons (Fsp3) is 0.259.